The SMILES string of the molecule is Cc1ccc(NCCCc2ccccc2Cl)c(C)c1. The molecule has 0 heterocycles. The zero-order valence-corrected chi connectivity index (χ0v) is 12.3. The molecule has 2 aromatic carbocycles. The molecule has 0 bridgehead atoms. The molecular formula is C17H20ClN. The van der Waals surface area contributed by atoms with Gasteiger partial charge in [-0.1, -0.05) is 47.5 Å². The molecule has 1 nitrogen and oxygen atoms in total. The Hall–Kier alpha value is -1.47. The van der Waals surface area contributed by atoms with Crippen LogP contribution in [0.15, 0.2) is 42.5 Å². The summed E-state index contributed by atoms with van der Waals surface area (Å²) in [7, 11) is 0. The molecular weight excluding hydrogens is 254 g/mol. The van der Waals surface area contributed by atoms with Gasteiger partial charge in [0.05, 0.1) is 0 Å². The third kappa shape index (κ3) is 4.00. The van der Waals surface area contributed by atoms with Crippen LogP contribution in [0.4, 0.5) is 5.69 Å². The Bertz CT molecular complexity index is 549. The number of hydrogen-bond acceptors (Lipinski definition) is 1. The van der Waals surface area contributed by atoms with E-state index in [4.69, 9.17) is 11.6 Å². The second-order valence-corrected chi connectivity index (χ2v) is 5.35. The number of hydrogen-bond donors (Lipinski definition) is 1. The summed E-state index contributed by atoms with van der Waals surface area (Å²) in [6, 6.07) is 14.6. The average Bonchev–Trinajstić information content (AvgIpc) is 2.38. The highest BCUT2D eigenvalue weighted by molar-refractivity contribution is 6.31. The molecule has 0 atom stereocenters. The molecule has 0 aliphatic rings. The fourth-order valence-corrected chi connectivity index (χ4v) is 2.45. The highest BCUT2D eigenvalue weighted by atomic mass is 35.5. The molecule has 0 amide bonds. The Labute approximate surface area is 120 Å². The van der Waals surface area contributed by atoms with Gasteiger partial charge < -0.3 is 5.32 Å². The first-order valence-corrected chi connectivity index (χ1v) is 7.09. The van der Waals surface area contributed by atoms with Crippen LogP contribution in [-0.2, 0) is 6.42 Å². The van der Waals surface area contributed by atoms with Crippen molar-refractivity contribution < 1.29 is 0 Å². The molecule has 2 heteroatoms. The lowest BCUT2D eigenvalue weighted by Gasteiger charge is -2.10. The smallest absolute Gasteiger partial charge is 0.0437 e. The van der Waals surface area contributed by atoms with E-state index in [2.05, 4.69) is 43.4 Å². The largest absolute Gasteiger partial charge is 0.385 e. The Kier molecular flexibility index (Phi) is 4.86. The van der Waals surface area contributed by atoms with Crippen molar-refractivity contribution in [3.05, 3.63) is 64.2 Å². The highest BCUT2D eigenvalue weighted by Crippen LogP contribution is 2.18. The Morgan fingerprint density at radius 1 is 1.05 bits per heavy atom. The molecule has 100 valence electrons. The van der Waals surface area contributed by atoms with Gasteiger partial charge in [-0.25, -0.2) is 0 Å². The van der Waals surface area contributed by atoms with E-state index in [0.717, 1.165) is 24.4 Å². The summed E-state index contributed by atoms with van der Waals surface area (Å²) in [6.07, 6.45) is 2.09. The summed E-state index contributed by atoms with van der Waals surface area (Å²) >= 11 is 6.14. The molecule has 0 aromatic heterocycles. The van der Waals surface area contributed by atoms with Crippen molar-refractivity contribution in [1.29, 1.82) is 0 Å². The van der Waals surface area contributed by atoms with Gasteiger partial charge in [0, 0.05) is 17.3 Å². The van der Waals surface area contributed by atoms with Crippen LogP contribution in [0.1, 0.15) is 23.1 Å². The fraction of sp³-hybridized carbons (Fsp3) is 0.294. The number of benzene rings is 2. The van der Waals surface area contributed by atoms with Crippen LogP contribution in [0.2, 0.25) is 5.02 Å². The maximum atomic E-state index is 6.14. The lowest BCUT2D eigenvalue weighted by Crippen LogP contribution is -2.04. The molecule has 2 aromatic rings. The zero-order valence-electron chi connectivity index (χ0n) is 11.5. The second-order valence-electron chi connectivity index (χ2n) is 4.94. The van der Waals surface area contributed by atoms with Gasteiger partial charge in [-0.05, 0) is 49.9 Å². The van der Waals surface area contributed by atoms with E-state index in [1.165, 1.54) is 22.4 Å². The summed E-state index contributed by atoms with van der Waals surface area (Å²) in [5.41, 5.74) is 5.06. The van der Waals surface area contributed by atoms with Crippen LogP contribution in [0.25, 0.3) is 0 Å². The third-order valence-electron chi connectivity index (χ3n) is 3.28. The molecule has 0 aliphatic carbocycles. The Morgan fingerprint density at radius 3 is 2.58 bits per heavy atom. The van der Waals surface area contributed by atoms with Crippen LogP contribution in [0.5, 0.6) is 0 Å². The Morgan fingerprint density at radius 2 is 1.84 bits per heavy atom. The van der Waals surface area contributed by atoms with E-state index in [9.17, 15) is 0 Å². The summed E-state index contributed by atoms with van der Waals surface area (Å²) in [5, 5.41) is 4.36. The van der Waals surface area contributed by atoms with Gasteiger partial charge in [0.1, 0.15) is 0 Å². The van der Waals surface area contributed by atoms with E-state index in [-0.39, 0.29) is 0 Å². The average molecular weight is 274 g/mol. The summed E-state index contributed by atoms with van der Waals surface area (Å²) in [6.45, 7) is 5.23. The van der Waals surface area contributed by atoms with Crippen molar-refractivity contribution in [2.45, 2.75) is 26.7 Å². The van der Waals surface area contributed by atoms with Crippen molar-refractivity contribution in [2.75, 3.05) is 11.9 Å². The van der Waals surface area contributed by atoms with E-state index in [1.54, 1.807) is 0 Å². The van der Waals surface area contributed by atoms with Gasteiger partial charge in [0.15, 0.2) is 0 Å². The van der Waals surface area contributed by atoms with Crippen LogP contribution in [-0.4, -0.2) is 6.54 Å². The van der Waals surface area contributed by atoms with Crippen LogP contribution in [0, 0.1) is 13.8 Å². The molecule has 0 spiro atoms. The van der Waals surface area contributed by atoms with E-state index in [1.807, 2.05) is 18.2 Å². The quantitative estimate of drug-likeness (QED) is 0.756. The van der Waals surface area contributed by atoms with Crippen LogP contribution in [0.3, 0.4) is 0 Å². The summed E-state index contributed by atoms with van der Waals surface area (Å²) in [5.74, 6) is 0. The highest BCUT2D eigenvalue weighted by Gasteiger charge is 2.00. The molecule has 0 aliphatic heterocycles. The first-order valence-electron chi connectivity index (χ1n) is 6.71. The fourth-order valence-electron chi connectivity index (χ4n) is 2.21. The number of halogens is 1. The van der Waals surface area contributed by atoms with Crippen molar-refractivity contribution in [2.24, 2.45) is 0 Å². The molecule has 0 radical (unpaired) electrons. The maximum absolute atomic E-state index is 6.14. The van der Waals surface area contributed by atoms with Crippen LogP contribution >= 0.6 is 11.6 Å². The molecule has 19 heavy (non-hydrogen) atoms. The number of anilines is 1. The maximum Gasteiger partial charge on any atom is 0.0437 e. The minimum Gasteiger partial charge on any atom is -0.385 e. The van der Waals surface area contributed by atoms with E-state index < -0.39 is 0 Å². The Balaban J connectivity index is 1.83. The third-order valence-corrected chi connectivity index (χ3v) is 3.65. The number of rotatable bonds is 5. The van der Waals surface area contributed by atoms with Gasteiger partial charge in [0.2, 0.25) is 0 Å². The molecule has 1 N–H and O–H groups in total. The van der Waals surface area contributed by atoms with Gasteiger partial charge >= 0.3 is 0 Å². The van der Waals surface area contributed by atoms with E-state index in [0.29, 0.717) is 0 Å². The summed E-state index contributed by atoms with van der Waals surface area (Å²) < 4.78 is 0. The first-order chi connectivity index (χ1) is 9.16. The van der Waals surface area contributed by atoms with Crippen molar-refractivity contribution >= 4 is 17.3 Å². The monoisotopic (exact) mass is 273 g/mol. The van der Waals surface area contributed by atoms with Gasteiger partial charge in [-0.2, -0.15) is 0 Å². The van der Waals surface area contributed by atoms with Crippen molar-refractivity contribution in [1.82, 2.24) is 0 Å². The van der Waals surface area contributed by atoms with Gasteiger partial charge in [-0.15, -0.1) is 0 Å². The predicted octanol–water partition coefficient (Wildman–Crippen LogP) is 5.00. The number of aryl methyl sites for hydroxylation is 3. The lowest BCUT2D eigenvalue weighted by molar-refractivity contribution is 0.862. The molecule has 0 unspecified atom stereocenters. The summed E-state index contributed by atoms with van der Waals surface area (Å²) in [4.78, 5) is 0. The first kappa shape index (κ1) is 14.0. The van der Waals surface area contributed by atoms with Crippen LogP contribution < -0.4 is 5.32 Å². The predicted molar refractivity (Wildman–Crippen MR) is 84.2 cm³/mol. The molecule has 2 rings (SSSR count). The molecule has 0 saturated carbocycles. The molecule has 0 saturated heterocycles. The standard InChI is InChI=1S/C17H20ClN/c1-13-9-10-17(14(2)12-13)19-11-5-7-15-6-3-4-8-16(15)18/h3-4,6,8-10,12,19H,5,7,11H2,1-2H3. The normalized spacial score (nSPS) is 10.5. The molecule has 0 fully saturated rings. The minimum atomic E-state index is 0.869. The van der Waals surface area contributed by atoms with Crippen molar-refractivity contribution in [3.8, 4) is 0 Å². The van der Waals surface area contributed by atoms with E-state index >= 15 is 0 Å². The van der Waals surface area contributed by atoms with Gasteiger partial charge in [-0.3, -0.25) is 0 Å². The second kappa shape index (κ2) is 6.63. The van der Waals surface area contributed by atoms with Gasteiger partial charge in [0.25, 0.3) is 0 Å². The lowest BCUT2D eigenvalue weighted by atomic mass is 10.1. The minimum absolute atomic E-state index is 0.869. The number of nitrogens with one attached hydrogen (secondary N) is 1. The van der Waals surface area contributed by atoms with Crippen molar-refractivity contribution in [3.63, 3.8) is 0 Å². The topological polar surface area (TPSA) is 12.0 Å². The zero-order chi connectivity index (χ0) is 13.7.